The SMILES string of the molecule is NNP(=O)(NN)N1CCOCC1. The van der Waals surface area contributed by atoms with Crippen LogP contribution in [-0.2, 0) is 9.30 Å². The molecule has 1 aliphatic heterocycles. The van der Waals surface area contributed by atoms with E-state index in [-0.39, 0.29) is 0 Å². The molecular formula is C4H14N5O2P. The van der Waals surface area contributed by atoms with Crippen molar-refractivity contribution in [2.45, 2.75) is 0 Å². The Morgan fingerprint density at radius 1 is 1.25 bits per heavy atom. The van der Waals surface area contributed by atoms with Crippen LogP contribution >= 0.6 is 7.59 Å². The predicted molar refractivity (Wildman–Crippen MR) is 44.6 cm³/mol. The zero-order valence-electron chi connectivity index (χ0n) is 6.69. The van der Waals surface area contributed by atoms with Crippen molar-refractivity contribution in [3.8, 4) is 0 Å². The summed E-state index contributed by atoms with van der Waals surface area (Å²) >= 11 is 0. The molecule has 8 heteroatoms. The fourth-order valence-electron chi connectivity index (χ4n) is 1.04. The molecule has 0 aliphatic carbocycles. The molecule has 0 unspecified atom stereocenters. The van der Waals surface area contributed by atoms with Crippen LogP contribution in [0.25, 0.3) is 0 Å². The van der Waals surface area contributed by atoms with Crippen LogP contribution in [-0.4, -0.2) is 31.0 Å². The lowest BCUT2D eigenvalue weighted by Crippen LogP contribution is -2.45. The van der Waals surface area contributed by atoms with Gasteiger partial charge in [0, 0.05) is 13.1 Å². The number of nitrogens with zero attached hydrogens (tertiary/aromatic N) is 1. The third-order valence-electron chi connectivity index (χ3n) is 1.74. The lowest BCUT2D eigenvalue weighted by Gasteiger charge is -2.32. The minimum absolute atomic E-state index is 0.549. The van der Waals surface area contributed by atoms with E-state index in [9.17, 15) is 4.57 Å². The normalized spacial score (nSPS) is 21.2. The first kappa shape index (κ1) is 10.1. The molecule has 0 amide bonds. The van der Waals surface area contributed by atoms with Gasteiger partial charge in [0.15, 0.2) is 0 Å². The number of hydrogen-bond donors (Lipinski definition) is 4. The Kier molecular flexibility index (Phi) is 3.60. The first-order chi connectivity index (χ1) is 5.73. The highest BCUT2D eigenvalue weighted by atomic mass is 31.2. The third-order valence-corrected chi connectivity index (χ3v) is 3.63. The molecule has 1 aliphatic rings. The Hall–Kier alpha value is -0.0100. The number of rotatable bonds is 3. The molecule has 0 aromatic rings. The molecule has 0 aromatic carbocycles. The summed E-state index contributed by atoms with van der Waals surface area (Å²) in [6, 6.07) is 0. The van der Waals surface area contributed by atoms with E-state index < -0.39 is 7.59 Å². The van der Waals surface area contributed by atoms with Gasteiger partial charge in [0.2, 0.25) is 0 Å². The Morgan fingerprint density at radius 3 is 2.17 bits per heavy atom. The standard InChI is InChI=1S/C4H14N5O2P/c5-7-12(10,8-6)9-1-3-11-4-2-9/h1-6H2,(H2,7,8,10). The van der Waals surface area contributed by atoms with Crippen LogP contribution in [0.1, 0.15) is 0 Å². The summed E-state index contributed by atoms with van der Waals surface area (Å²) in [5.74, 6) is 10.2. The fraction of sp³-hybridized carbons (Fsp3) is 1.00. The second-order valence-electron chi connectivity index (χ2n) is 2.40. The van der Waals surface area contributed by atoms with Gasteiger partial charge in [-0.05, 0) is 0 Å². The van der Waals surface area contributed by atoms with E-state index in [1.807, 2.05) is 0 Å². The van der Waals surface area contributed by atoms with Gasteiger partial charge in [0.25, 0.3) is 0 Å². The van der Waals surface area contributed by atoms with Gasteiger partial charge < -0.3 is 4.74 Å². The monoisotopic (exact) mass is 195 g/mol. The second-order valence-corrected chi connectivity index (χ2v) is 4.63. The largest absolute Gasteiger partial charge is 0.379 e. The molecule has 0 atom stereocenters. The van der Waals surface area contributed by atoms with Crippen molar-refractivity contribution in [1.82, 2.24) is 15.1 Å². The quantitative estimate of drug-likeness (QED) is 0.243. The lowest BCUT2D eigenvalue weighted by atomic mass is 10.5. The van der Waals surface area contributed by atoms with Crippen LogP contribution in [0.4, 0.5) is 0 Å². The molecule has 0 radical (unpaired) electrons. The first-order valence-electron chi connectivity index (χ1n) is 3.62. The first-order valence-corrected chi connectivity index (χ1v) is 5.28. The maximum atomic E-state index is 11.7. The van der Waals surface area contributed by atoms with Gasteiger partial charge >= 0.3 is 7.59 Å². The maximum Gasteiger partial charge on any atom is 0.307 e. The van der Waals surface area contributed by atoms with Crippen molar-refractivity contribution in [2.75, 3.05) is 26.3 Å². The zero-order chi connectivity index (χ0) is 9.03. The summed E-state index contributed by atoms with van der Waals surface area (Å²) in [7, 11) is -2.95. The van der Waals surface area contributed by atoms with E-state index in [1.165, 1.54) is 0 Å². The summed E-state index contributed by atoms with van der Waals surface area (Å²) in [5, 5.41) is 4.38. The molecule has 0 aromatic heterocycles. The molecule has 1 rings (SSSR count). The number of hydrazine groups is 2. The average Bonchev–Trinajstić information content (AvgIpc) is 2.18. The number of hydrogen-bond acceptors (Lipinski definition) is 4. The molecule has 72 valence electrons. The van der Waals surface area contributed by atoms with Crippen molar-refractivity contribution < 1.29 is 9.30 Å². The van der Waals surface area contributed by atoms with Crippen molar-refractivity contribution in [3.05, 3.63) is 0 Å². The van der Waals surface area contributed by atoms with Gasteiger partial charge in [-0.2, -0.15) is 10.4 Å². The van der Waals surface area contributed by atoms with Crippen LogP contribution in [0.2, 0.25) is 0 Å². The van der Waals surface area contributed by atoms with Gasteiger partial charge in [-0.25, -0.2) is 4.67 Å². The van der Waals surface area contributed by atoms with Crippen LogP contribution in [0.3, 0.4) is 0 Å². The molecule has 7 nitrogen and oxygen atoms in total. The van der Waals surface area contributed by atoms with Crippen LogP contribution in [0.5, 0.6) is 0 Å². The molecular weight excluding hydrogens is 181 g/mol. The Labute approximate surface area is 70.9 Å². The van der Waals surface area contributed by atoms with E-state index in [1.54, 1.807) is 4.67 Å². The van der Waals surface area contributed by atoms with Crippen molar-refractivity contribution in [3.63, 3.8) is 0 Å². The molecule has 1 saturated heterocycles. The smallest absolute Gasteiger partial charge is 0.307 e. The van der Waals surface area contributed by atoms with Crippen LogP contribution < -0.4 is 22.1 Å². The number of nitrogens with two attached hydrogens (primary N) is 2. The van der Waals surface area contributed by atoms with Gasteiger partial charge in [0.1, 0.15) is 0 Å². The molecule has 12 heavy (non-hydrogen) atoms. The summed E-state index contributed by atoms with van der Waals surface area (Å²) in [5.41, 5.74) is 0. The summed E-state index contributed by atoms with van der Waals surface area (Å²) < 4.78 is 18.4. The molecule has 0 spiro atoms. The van der Waals surface area contributed by atoms with Crippen LogP contribution in [0, 0.1) is 0 Å². The number of morpholine rings is 1. The zero-order valence-corrected chi connectivity index (χ0v) is 7.59. The van der Waals surface area contributed by atoms with Gasteiger partial charge in [-0.1, -0.05) is 0 Å². The summed E-state index contributed by atoms with van der Waals surface area (Å²) in [6.45, 7) is 2.22. The minimum atomic E-state index is -2.95. The summed E-state index contributed by atoms with van der Waals surface area (Å²) in [6.07, 6.45) is 0. The molecule has 6 N–H and O–H groups in total. The van der Waals surface area contributed by atoms with Crippen molar-refractivity contribution in [2.24, 2.45) is 11.7 Å². The highest BCUT2D eigenvalue weighted by Crippen LogP contribution is 2.38. The Morgan fingerprint density at radius 2 is 1.75 bits per heavy atom. The molecule has 0 saturated carbocycles. The van der Waals surface area contributed by atoms with Gasteiger partial charge in [0.05, 0.1) is 13.2 Å². The van der Waals surface area contributed by atoms with Gasteiger partial charge in [-0.15, -0.1) is 0 Å². The predicted octanol–water partition coefficient (Wildman–Crippen LogP) is -1.65. The maximum absolute atomic E-state index is 11.7. The molecule has 0 bridgehead atoms. The molecule has 1 fully saturated rings. The third kappa shape index (κ3) is 2.02. The Balaban J connectivity index is 2.58. The molecule has 1 heterocycles. The highest BCUT2D eigenvalue weighted by molar-refractivity contribution is 7.57. The average molecular weight is 195 g/mol. The van der Waals surface area contributed by atoms with Gasteiger partial charge in [-0.3, -0.25) is 16.3 Å². The van der Waals surface area contributed by atoms with Crippen molar-refractivity contribution >= 4 is 7.59 Å². The van der Waals surface area contributed by atoms with Crippen molar-refractivity contribution in [1.29, 1.82) is 0 Å². The second kappa shape index (κ2) is 4.29. The lowest BCUT2D eigenvalue weighted by molar-refractivity contribution is 0.0706. The Bertz CT molecular complexity index is 174. The van der Waals surface area contributed by atoms with E-state index >= 15 is 0 Å². The minimum Gasteiger partial charge on any atom is -0.379 e. The number of ether oxygens (including phenoxy) is 1. The topological polar surface area (TPSA) is 106 Å². The van der Waals surface area contributed by atoms with E-state index in [0.717, 1.165) is 0 Å². The van der Waals surface area contributed by atoms with E-state index in [2.05, 4.69) is 10.4 Å². The fourth-order valence-corrected chi connectivity index (χ4v) is 2.16. The van der Waals surface area contributed by atoms with Crippen LogP contribution in [0.15, 0.2) is 0 Å². The highest BCUT2D eigenvalue weighted by Gasteiger charge is 2.29. The number of nitrogens with one attached hydrogen (secondary N) is 2. The van der Waals surface area contributed by atoms with E-state index in [0.29, 0.717) is 26.3 Å². The summed E-state index contributed by atoms with van der Waals surface area (Å²) in [4.78, 5) is 0. The van der Waals surface area contributed by atoms with E-state index in [4.69, 9.17) is 16.4 Å².